The van der Waals surface area contributed by atoms with Gasteiger partial charge in [-0.25, -0.2) is 4.98 Å². The highest BCUT2D eigenvalue weighted by Gasteiger charge is 2.20. The number of nitrogens with zero attached hydrogens (tertiary/aromatic N) is 2. The molecule has 1 amide bonds. The van der Waals surface area contributed by atoms with E-state index in [4.69, 9.17) is 9.47 Å². The predicted molar refractivity (Wildman–Crippen MR) is 90.4 cm³/mol. The molecule has 0 fully saturated rings. The quantitative estimate of drug-likeness (QED) is 0.911. The third-order valence-corrected chi connectivity index (χ3v) is 4.52. The molecule has 1 aromatic heterocycles. The Morgan fingerprint density at radius 1 is 1.17 bits per heavy atom. The molecule has 1 aromatic carbocycles. The van der Waals surface area contributed by atoms with Gasteiger partial charge in [0.2, 0.25) is 5.91 Å². The van der Waals surface area contributed by atoms with Crippen LogP contribution in [0.3, 0.4) is 0 Å². The number of methoxy groups -OCH3 is 2. The van der Waals surface area contributed by atoms with Crippen LogP contribution in [0.25, 0.3) is 0 Å². The highest BCUT2D eigenvalue weighted by Crippen LogP contribution is 2.32. The molecule has 128 valence electrons. The van der Waals surface area contributed by atoms with Crippen molar-refractivity contribution in [2.45, 2.75) is 25.7 Å². The molecule has 0 spiro atoms. The fourth-order valence-electron chi connectivity index (χ4n) is 3.12. The maximum atomic E-state index is 12.5. The van der Waals surface area contributed by atoms with Crippen molar-refractivity contribution in [3.63, 3.8) is 0 Å². The number of aryl methyl sites for hydroxylation is 1. The third kappa shape index (κ3) is 3.53. The number of amides is 1. The number of hydrogen-bond donors (Lipinski definition) is 1. The number of ether oxygens (including phenoxy) is 2. The number of benzene rings is 1. The van der Waals surface area contributed by atoms with Gasteiger partial charge < -0.3 is 19.4 Å². The number of carbonyl (C=O) groups is 1. The first-order valence-electron chi connectivity index (χ1n) is 8.20. The van der Waals surface area contributed by atoms with Crippen LogP contribution in [0.2, 0.25) is 0 Å². The number of aromatic nitrogens is 2. The second kappa shape index (κ2) is 7.38. The first kappa shape index (κ1) is 16.4. The first-order chi connectivity index (χ1) is 11.7. The molecule has 1 N–H and O–H groups in total. The van der Waals surface area contributed by atoms with E-state index in [-0.39, 0.29) is 5.91 Å². The van der Waals surface area contributed by atoms with Crippen LogP contribution in [0.15, 0.2) is 24.7 Å². The summed E-state index contributed by atoms with van der Waals surface area (Å²) in [7, 11) is 3.29. The number of rotatable bonds is 5. The third-order valence-electron chi connectivity index (χ3n) is 4.52. The predicted octanol–water partition coefficient (Wildman–Crippen LogP) is 1.99. The standard InChI is InChI=1S/C18H23N3O3/c1-23-16-9-13-5-7-21(8-6-14(13)10-17(16)24-2)18(22)4-3-15-11-19-12-20-15/h9-12H,3-8H2,1-2H3,(H,19,20). The molecule has 6 heteroatoms. The molecule has 1 aliphatic heterocycles. The largest absolute Gasteiger partial charge is 0.493 e. The minimum atomic E-state index is 0.191. The molecule has 2 aromatic rings. The highest BCUT2D eigenvalue weighted by atomic mass is 16.5. The zero-order chi connectivity index (χ0) is 16.9. The van der Waals surface area contributed by atoms with Gasteiger partial charge in [-0.05, 0) is 42.5 Å². The van der Waals surface area contributed by atoms with Crippen LogP contribution in [0.5, 0.6) is 11.5 Å². The van der Waals surface area contributed by atoms with Crippen molar-refractivity contribution in [2.75, 3.05) is 27.3 Å². The van der Waals surface area contributed by atoms with Gasteiger partial charge in [0.1, 0.15) is 0 Å². The van der Waals surface area contributed by atoms with Crippen LogP contribution in [0.4, 0.5) is 0 Å². The summed E-state index contributed by atoms with van der Waals surface area (Å²) in [5.74, 6) is 1.68. The average molecular weight is 329 g/mol. The summed E-state index contributed by atoms with van der Waals surface area (Å²) < 4.78 is 10.8. The van der Waals surface area contributed by atoms with E-state index in [1.54, 1.807) is 26.7 Å². The van der Waals surface area contributed by atoms with E-state index in [0.29, 0.717) is 12.8 Å². The summed E-state index contributed by atoms with van der Waals surface area (Å²) in [6.07, 6.45) is 6.29. The van der Waals surface area contributed by atoms with Gasteiger partial charge in [0.25, 0.3) is 0 Å². The lowest BCUT2D eigenvalue weighted by atomic mass is 10.0. The maximum absolute atomic E-state index is 12.5. The monoisotopic (exact) mass is 329 g/mol. The normalized spacial score (nSPS) is 14.0. The Labute approximate surface area is 141 Å². The molecule has 1 aliphatic rings. The second-order valence-corrected chi connectivity index (χ2v) is 5.93. The highest BCUT2D eigenvalue weighted by molar-refractivity contribution is 5.76. The number of imidazole rings is 1. The molecule has 24 heavy (non-hydrogen) atoms. The van der Waals surface area contributed by atoms with Gasteiger partial charge in [0, 0.05) is 31.4 Å². The molecule has 3 rings (SSSR count). The number of H-pyrrole nitrogens is 1. The van der Waals surface area contributed by atoms with Crippen molar-refractivity contribution in [1.29, 1.82) is 0 Å². The number of fused-ring (bicyclic) bond motifs is 1. The van der Waals surface area contributed by atoms with E-state index < -0.39 is 0 Å². The van der Waals surface area contributed by atoms with Crippen molar-refractivity contribution in [3.8, 4) is 11.5 Å². The summed E-state index contributed by atoms with van der Waals surface area (Å²) in [5, 5.41) is 0. The maximum Gasteiger partial charge on any atom is 0.222 e. The van der Waals surface area contributed by atoms with E-state index in [1.165, 1.54) is 11.1 Å². The lowest BCUT2D eigenvalue weighted by molar-refractivity contribution is -0.131. The van der Waals surface area contributed by atoms with Gasteiger partial charge in [-0.1, -0.05) is 0 Å². The number of nitrogens with one attached hydrogen (secondary N) is 1. The number of hydrogen-bond acceptors (Lipinski definition) is 4. The molecular weight excluding hydrogens is 306 g/mol. The molecule has 6 nitrogen and oxygen atoms in total. The van der Waals surface area contributed by atoms with Crippen molar-refractivity contribution < 1.29 is 14.3 Å². The van der Waals surface area contributed by atoms with Crippen molar-refractivity contribution >= 4 is 5.91 Å². The first-order valence-corrected chi connectivity index (χ1v) is 8.20. The summed E-state index contributed by atoms with van der Waals surface area (Å²) in [4.78, 5) is 21.5. The summed E-state index contributed by atoms with van der Waals surface area (Å²) in [6.45, 7) is 1.48. The van der Waals surface area contributed by atoms with Crippen molar-refractivity contribution in [3.05, 3.63) is 41.5 Å². The Kier molecular flexibility index (Phi) is 5.03. The summed E-state index contributed by atoms with van der Waals surface area (Å²) in [6, 6.07) is 4.07. The van der Waals surface area contributed by atoms with E-state index in [0.717, 1.165) is 43.1 Å². The zero-order valence-electron chi connectivity index (χ0n) is 14.2. The van der Waals surface area contributed by atoms with Crippen molar-refractivity contribution in [2.24, 2.45) is 0 Å². The molecule has 0 radical (unpaired) electrons. The Bertz CT molecular complexity index is 663. The fraction of sp³-hybridized carbons (Fsp3) is 0.444. The molecular formula is C18H23N3O3. The molecule has 2 heterocycles. The molecule has 0 atom stereocenters. The average Bonchev–Trinajstić information content (AvgIpc) is 3.04. The SMILES string of the molecule is COc1cc2c(cc1OC)CCN(C(=O)CCc1cnc[nH]1)CC2. The van der Waals surface area contributed by atoms with Gasteiger partial charge >= 0.3 is 0 Å². The second-order valence-electron chi connectivity index (χ2n) is 5.93. The molecule has 0 saturated heterocycles. The fourth-order valence-corrected chi connectivity index (χ4v) is 3.12. The Morgan fingerprint density at radius 3 is 2.29 bits per heavy atom. The van der Waals surface area contributed by atoms with Crippen LogP contribution >= 0.6 is 0 Å². The lowest BCUT2D eigenvalue weighted by Gasteiger charge is -2.20. The van der Waals surface area contributed by atoms with Gasteiger partial charge in [-0.2, -0.15) is 0 Å². The van der Waals surface area contributed by atoms with Gasteiger partial charge in [-0.15, -0.1) is 0 Å². The summed E-state index contributed by atoms with van der Waals surface area (Å²) >= 11 is 0. The summed E-state index contributed by atoms with van der Waals surface area (Å²) in [5.41, 5.74) is 3.46. The van der Waals surface area contributed by atoms with Gasteiger partial charge in [0.05, 0.1) is 20.5 Å². The van der Waals surface area contributed by atoms with Crippen LogP contribution in [0.1, 0.15) is 23.2 Å². The minimum Gasteiger partial charge on any atom is -0.493 e. The Morgan fingerprint density at radius 2 is 1.79 bits per heavy atom. The van der Waals surface area contributed by atoms with E-state index in [9.17, 15) is 4.79 Å². The van der Waals surface area contributed by atoms with Crippen LogP contribution in [-0.2, 0) is 24.1 Å². The molecule has 0 bridgehead atoms. The van der Waals surface area contributed by atoms with E-state index in [2.05, 4.69) is 9.97 Å². The van der Waals surface area contributed by atoms with E-state index >= 15 is 0 Å². The van der Waals surface area contributed by atoms with E-state index in [1.807, 2.05) is 17.0 Å². The Balaban J connectivity index is 1.65. The van der Waals surface area contributed by atoms with Gasteiger partial charge in [0.15, 0.2) is 11.5 Å². The smallest absolute Gasteiger partial charge is 0.222 e. The lowest BCUT2D eigenvalue weighted by Crippen LogP contribution is -2.33. The minimum absolute atomic E-state index is 0.191. The Hall–Kier alpha value is -2.50. The van der Waals surface area contributed by atoms with Crippen LogP contribution in [-0.4, -0.2) is 48.1 Å². The van der Waals surface area contributed by atoms with Gasteiger partial charge in [-0.3, -0.25) is 4.79 Å². The number of carbonyl (C=O) groups excluding carboxylic acids is 1. The van der Waals surface area contributed by atoms with Crippen LogP contribution < -0.4 is 9.47 Å². The zero-order valence-corrected chi connectivity index (χ0v) is 14.2. The van der Waals surface area contributed by atoms with Crippen molar-refractivity contribution in [1.82, 2.24) is 14.9 Å². The van der Waals surface area contributed by atoms with Crippen LogP contribution in [0, 0.1) is 0 Å². The topological polar surface area (TPSA) is 67.5 Å². The molecule has 0 saturated carbocycles. The number of aromatic amines is 1. The molecule has 0 aliphatic carbocycles. The molecule has 0 unspecified atom stereocenters.